The Balaban J connectivity index is 1.96. The van der Waals surface area contributed by atoms with Gasteiger partial charge in [-0.1, -0.05) is 31.9 Å². The van der Waals surface area contributed by atoms with Gasteiger partial charge in [0.2, 0.25) is 0 Å². The maximum atomic E-state index is 10.6. The average Bonchev–Trinajstić information content (AvgIpc) is 2.52. The molecule has 4 nitrogen and oxygen atoms in total. The molecule has 0 saturated carbocycles. The number of aromatic hydroxyl groups is 1. The SMILES string of the molecule is Oc1cc(Br)cc(Br)c1[C@H](C1CCOCC1)N1CCNCC1. The Hall–Kier alpha value is -0.140. The second-order valence-corrected chi connectivity index (χ2v) is 7.77. The van der Waals surface area contributed by atoms with Crippen molar-refractivity contribution in [3.05, 3.63) is 26.6 Å². The molecule has 1 aromatic rings. The molecule has 6 heteroatoms. The summed E-state index contributed by atoms with van der Waals surface area (Å²) in [5, 5.41) is 14.0. The molecular formula is C16H22Br2N2O2. The molecule has 122 valence electrons. The first-order chi connectivity index (χ1) is 10.7. The third-order valence-corrected chi connectivity index (χ3v) is 5.74. The van der Waals surface area contributed by atoms with E-state index < -0.39 is 0 Å². The Bertz CT molecular complexity index is 474. The van der Waals surface area contributed by atoms with Crippen LogP contribution in [0.15, 0.2) is 21.1 Å². The van der Waals surface area contributed by atoms with Crippen molar-refractivity contribution in [2.75, 3.05) is 39.4 Å². The van der Waals surface area contributed by atoms with Gasteiger partial charge in [0.1, 0.15) is 5.75 Å². The van der Waals surface area contributed by atoms with E-state index in [0.29, 0.717) is 11.7 Å². The fourth-order valence-electron chi connectivity index (χ4n) is 3.57. The first-order valence-electron chi connectivity index (χ1n) is 7.87. The van der Waals surface area contributed by atoms with Gasteiger partial charge in [-0.05, 0) is 30.9 Å². The Morgan fingerprint density at radius 1 is 1.18 bits per heavy atom. The molecule has 0 spiro atoms. The van der Waals surface area contributed by atoms with Gasteiger partial charge in [0.15, 0.2) is 0 Å². The summed E-state index contributed by atoms with van der Waals surface area (Å²) < 4.78 is 7.42. The molecule has 2 aliphatic rings. The smallest absolute Gasteiger partial charge is 0.122 e. The number of nitrogens with zero attached hydrogens (tertiary/aromatic N) is 1. The predicted molar refractivity (Wildman–Crippen MR) is 94.2 cm³/mol. The van der Waals surface area contributed by atoms with Crippen molar-refractivity contribution in [3.63, 3.8) is 0 Å². The topological polar surface area (TPSA) is 44.7 Å². The second-order valence-electron chi connectivity index (χ2n) is 6.00. The van der Waals surface area contributed by atoms with E-state index in [1.54, 1.807) is 6.07 Å². The molecule has 0 aromatic heterocycles. The molecule has 0 aliphatic carbocycles. The molecule has 3 rings (SSSR count). The fourth-order valence-corrected chi connectivity index (χ4v) is 5.01. The third kappa shape index (κ3) is 3.67. The third-order valence-electron chi connectivity index (χ3n) is 4.63. The first kappa shape index (κ1) is 16.7. The van der Waals surface area contributed by atoms with E-state index >= 15 is 0 Å². The van der Waals surface area contributed by atoms with Crippen molar-refractivity contribution in [1.82, 2.24) is 10.2 Å². The number of phenolic OH excluding ortho intramolecular Hbond substituents is 1. The van der Waals surface area contributed by atoms with Crippen molar-refractivity contribution in [2.45, 2.75) is 18.9 Å². The van der Waals surface area contributed by atoms with Crippen molar-refractivity contribution < 1.29 is 9.84 Å². The van der Waals surface area contributed by atoms with Crippen LogP contribution in [0.1, 0.15) is 24.4 Å². The van der Waals surface area contributed by atoms with E-state index in [9.17, 15) is 5.11 Å². The number of hydrogen-bond acceptors (Lipinski definition) is 4. The van der Waals surface area contributed by atoms with Gasteiger partial charge in [0, 0.05) is 59.9 Å². The van der Waals surface area contributed by atoms with Crippen LogP contribution in [0.25, 0.3) is 0 Å². The molecule has 22 heavy (non-hydrogen) atoms. The molecule has 2 saturated heterocycles. The van der Waals surface area contributed by atoms with Crippen molar-refractivity contribution in [3.8, 4) is 5.75 Å². The van der Waals surface area contributed by atoms with Gasteiger partial charge in [0.05, 0.1) is 0 Å². The van der Waals surface area contributed by atoms with Gasteiger partial charge in [-0.3, -0.25) is 4.90 Å². The summed E-state index contributed by atoms with van der Waals surface area (Å²) in [4.78, 5) is 2.51. The van der Waals surface area contributed by atoms with E-state index in [4.69, 9.17) is 4.74 Å². The maximum Gasteiger partial charge on any atom is 0.122 e. The number of hydrogen-bond donors (Lipinski definition) is 2. The van der Waals surface area contributed by atoms with E-state index in [1.807, 2.05) is 6.07 Å². The lowest BCUT2D eigenvalue weighted by Crippen LogP contribution is -2.47. The summed E-state index contributed by atoms with van der Waals surface area (Å²) in [6.45, 7) is 5.70. The van der Waals surface area contributed by atoms with Crippen molar-refractivity contribution in [1.29, 1.82) is 0 Å². The predicted octanol–water partition coefficient (Wildman–Crippen LogP) is 3.29. The minimum Gasteiger partial charge on any atom is -0.508 e. The zero-order chi connectivity index (χ0) is 15.5. The highest BCUT2D eigenvalue weighted by atomic mass is 79.9. The number of rotatable bonds is 3. The Kier molecular flexibility index (Phi) is 5.79. The summed E-state index contributed by atoms with van der Waals surface area (Å²) in [6.07, 6.45) is 2.10. The van der Waals surface area contributed by atoms with Crippen LogP contribution in [-0.4, -0.2) is 49.4 Å². The first-order valence-corrected chi connectivity index (χ1v) is 9.46. The molecule has 2 aliphatic heterocycles. The quantitative estimate of drug-likeness (QED) is 0.767. The minimum absolute atomic E-state index is 0.244. The summed E-state index contributed by atoms with van der Waals surface area (Å²) in [6, 6.07) is 4.08. The molecule has 2 fully saturated rings. The van der Waals surface area contributed by atoms with Crippen LogP contribution in [0.3, 0.4) is 0 Å². The van der Waals surface area contributed by atoms with Gasteiger partial charge in [-0.25, -0.2) is 0 Å². The molecule has 2 heterocycles. The van der Waals surface area contributed by atoms with E-state index in [2.05, 4.69) is 42.1 Å². The maximum absolute atomic E-state index is 10.6. The molecule has 1 aromatic carbocycles. The zero-order valence-electron chi connectivity index (χ0n) is 12.5. The van der Waals surface area contributed by atoms with E-state index in [-0.39, 0.29) is 6.04 Å². The van der Waals surface area contributed by atoms with E-state index in [0.717, 1.165) is 66.7 Å². The molecule has 1 atom stereocenters. The van der Waals surface area contributed by atoms with Crippen LogP contribution in [0.5, 0.6) is 5.75 Å². The van der Waals surface area contributed by atoms with Crippen LogP contribution in [-0.2, 0) is 4.74 Å². The van der Waals surface area contributed by atoms with Crippen molar-refractivity contribution in [2.24, 2.45) is 5.92 Å². The molecule has 0 amide bonds. The Morgan fingerprint density at radius 3 is 2.50 bits per heavy atom. The van der Waals surface area contributed by atoms with E-state index in [1.165, 1.54) is 0 Å². The van der Waals surface area contributed by atoms with Gasteiger partial charge >= 0.3 is 0 Å². The number of halogens is 2. The summed E-state index contributed by atoms with van der Waals surface area (Å²) >= 11 is 7.12. The number of ether oxygens (including phenoxy) is 1. The molecule has 0 unspecified atom stereocenters. The normalized spacial score (nSPS) is 22.6. The van der Waals surface area contributed by atoms with Gasteiger partial charge in [-0.15, -0.1) is 0 Å². The fraction of sp³-hybridized carbons (Fsp3) is 0.625. The van der Waals surface area contributed by atoms with Crippen LogP contribution < -0.4 is 5.32 Å². The standard InChI is InChI=1S/C16H22Br2N2O2/c17-12-9-13(18)15(14(21)10-12)16(11-1-7-22-8-2-11)20-5-3-19-4-6-20/h9-11,16,19,21H,1-8H2/t16-/m0/s1. The van der Waals surface area contributed by atoms with Gasteiger partial charge in [-0.2, -0.15) is 0 Å². The number of phenols is 1. The lowest BCUT2D eigenvalue weighted by atomic mass is 9.85. The van der Waals surface area contributed by atoms with Gasteiger partial charge < -0.3 is 15.2 Å². The minimum atomic E-state index is 0.244. The van der Waals surface area contributed by atoms with Crippen LogP contribution in [0, 0.1) is 5.92 Å². The molecule has 0 bridgehead atoms. The van der Waals surface area contributed by atoms with Crippen LogP contribution in [0.4, 0.5) is 0 Å². The Morgan fingerprint density at radius 2 is 1.86 bits per heavy atom. The number of piperazine rings is 1. The Labute approximate surface area is 148 Å². The highest BCUT2D eigenvalue weighted by molar-refractivity contribution is 9.11. The van der Waals surface area contributed by atoms with Crippen LogP contribution in [0.2, 0.25) is 0 Å². The van der Waals surface area contributed by atoms with Crippen LogP contribution >= 0.6 is 31.9 Å². The molecule has 2 N–H and O–H groups in total. The zero-order valence-corrected chi connectivity index (χ0v) is 15.7. The highest BCUT2D eigenvalue weighted by Crippen LogP contribution is 2.43. The van der Waals surface area contributed by atoms with Crippen molar-refractivity contribution >= 4 is 31.9 Å². The highest BCUT2D eigenvalue weighted by Gasteiger charge is 2.34. The second kappa shape index (κ2) is 7.62. The average molecular weight is 434 g/mol. The summed E-state index contributed by atoms with van der Waals surface area (Å²) in [5.41, 5.74) is 1.03. The summed E-state index contributed by atoms with van der Waals surface area (Å²) in [7, 11) is 0. The lowest BCUT2D eigenvalue weighted by molar-refractivity contribution is 0.0204. The molecular weight excluding hydrogens is 412 g/mol. The lowest BCUT2D eigenvalue weighted by Gasteiger charge is -2.41. The molecule has 0 radical (unpaired) electrons. The largest absolute Gasteiger partial charge is 0.508 e. The van der Waals surface area contributed by atoms with Gasteiger partial charge in [0.25, 0.3) is 0 Å². The number of benzene rings is 1. The summed E-state index contributed by atoms with van der Waals surface area (Å²) in [5.74, 6) is 0.895. The number of nitrogens with one attached hydrogen (secondary N) is 1. The monoisotopic (exact) mass is 432 g/mol.